The van der Waals surface area contributed by atoms with E-state index in [9.17, 15) is 49.8 Å². The van der Waals surface area contributed by atoms with Crippen LogP contribution in [0.5, 0.6) is 0 Å². The Morgan fingerprint density at radius 2 is 1.30 bits per heavy atom. The molecule has 3 saturated heterocycles. The van der Waals surface area contributed by atoms with Gasteiger partial charge in [-0.3, -0.25) is 9.59 Å². The van der Waals surface area contributed by atoms with Crippen LogP contribution in [0.25, 0.3) is 0 Å². The van der Waals surface area contributed by atoms with E-state index in [4.69, 9.17) is 18.9 Å². The molecule has 5 aromatic rings. The van der Waals surface area contributed by atoms with Crippen LogP contribution in [0.1, 0.15) is 164 Å². The van der Waals surface area contributed by atoms with Crippen molar-refractivity contribution in [1.29, 1.82) is 0 Å². The van der Waals surface area contributed by atoms with Crippen LogP contribution >= 0.6 is 0 Å². The van der Waals surface area contributed by atoms with Crippen molar-refractivity contribution < 1.29 is 73.6 Å². The van der Waals surface area contributed by atoms with Crippen LogP contribution in [0.2, 0.25) is 11.5 Å². The maximum absolute atomic E-state index is 15.1. The van der Waals surface area contributed by atoms with Gasteiger partial charge in [0.25, 0.3) is 0 Å². The first-order valence-electron chi connectivity index (χ1n) is 33.9. The Morgan fingerprint density at radius 1 is 0.713 bits per heavy atom. The number of carbonyl (C=O) groups is 5. The van der Waals surface area contributed by atoms with E-state index in [1.54, 1.807) is 70.2 Å². The summed E-state index contributed by atoms with van der Waals surface area (Å²) in [4.78, 5) is 75.9. The minimum atomic E-state index is -3.16. The Morgan fingerprint density at radius 3 is 1.88 bits per heavy atom. The normalized spacial score (nSPS) is 29.2. The van der Waals surface area contributed by atoms with Crippen LogP contribution in [0.4, 0.5) is 11.4 Å². The summed E-state index contributed by atoms with van der Waals surface area (Å²) >= 11 is -3.16. The maximum atomic E-state index is 15.1. The third-order valence-electron chi connectivity index (χ3n) is 23.5. The molecule has 17 nitrogen and oxygen atoms in total. The third-order valence-corrected chi connectivity index (χ3v) is 30.9. The zero-order chi connectivity index (χ0) is 66.6. The van der Waals surface area contributed by atoms with E-state index < -0.39 is 107 Å². The molecule has 18 heteroatoms. The fraction of sp³-hybridized carbons (Fsp3) is 0.513. The van der Waals surface area contributed by atoms with Crippen molar-refractivity contribution in [1.82, 2.24) is 0 Å². The molecule has 94 heavy (non-hydrogen) atoms. The van der Waals surface area contributed by atoms with Crippen LogP contribution in [-0.4, -0.2) is 167 Å². The van der Waals surface area contributed by atoms with Gasteiger partial charge in [-0.1, -0.05) is 75.7 Å². The van der Waals surface area contributed by atoms with Crippen molar-refractivity contribution in [2.24, 2.45) is 22.2 Å². The standard InChI is InChI=1S/C76H90GeN2O15/c1-44-62(37-75(90)69(93-70(88)46-22-16-13-17-23-46)67-73(4)43-92-64(73)36-63(85)74(67,5)68(87)66(86)65(44)72(75,2)3)91-42-61(84)54(45-20-14-12-15-21-45)35-50(80)24-18-10-8-9-11-19-25-60(83)47-26-29-53-57(32-47)76(94-71(53)89)55-30-27-48(78-38-51(81)39-78)33-58(55)77(6,7)59-34-49(28-31-56(59)76)79-40-52(82)41-79/h12-17,20-23,26-34,51-52,54,61-64,66-67,69,81-82,84-86,90H,8-11,18-19,24-25,35-43H2,1-7H3/t54-,61-,62-,63-,64+,66+,67+,69-,73+,74+,75+/m0/s1. The molecule has 11 atom stereocenters. The van der Waals surface area contributed by atoms with Gasteiger partial charge in [0.15, 0.2) is 5.78 Å². The van der Waals surface area contributed by atoms with Gasteiger partial charge in [0, 0.05) is 48.3 Å². The van der Waals surface area contributed by atoms with Crippen LogP contribution in [0, 0.1) is 22.2 Å². The Balaban J connectivity index is 0.647. The molecular weight excluding hydrogens is 1250 g/mol. The number of hydrogen-bond donors (Lipinski definition) is 6. The molecule has 0 radical (unpaired) electrons. The second kappa shape index (κ2) is 24.9. The number of Topliss-reactive ketones (excluding diaryl/α,β-unsaturated/α-hetero) is 3. The monoisotopic (exact) mass is 1340 g/mol. The zero-order valence-corrected chi connectivity index (χ0v) is 57.1. The Bertz CT molecular complexity index is 3750. The predicted octanol–water partition coefficient (Wildman–Crippen LogP) is 7.88. The molecule has 5 aliphatic heterocycles. The van der Waals surface area contributed by atoms with E-state index in [1.807, 2.05) is 43.3 Å². The number of β-amino-alcohol motifs (C(OH)–C–C–N with tert-alkyl or cyclic N) is 2. The van der Waals surface area contributed by atoms with Gasteiger partial charge in [0.1, 0.15) is 23.6 Å². The molecular formula is C76H90GeN2O15. The van der Waals surface area contributed by atoms with Crippen LogP contribution in [0.15, 0.2) is 126 Å². The zero-order valence-electron chi connectivity index (χ0n) is 55.0. The molecule has 5 fully saturated rings. The summed E-state index contributed by atoms with van der Waals surface area (Å²) in [6, 6.07) is 35.8. The number of aliphatic hydroxyl groups is 6. The molecule has 0 aromatic heterocycles. The van der Waals surface area contributed by atoms with Crippen molar-refractivity contribution >= 4 is 62.7 Å². The first kappa shape index (κ1) is 66.2. The number of hydrogen-bond acceptors (Lipinski definition) is 17. The summed E-state index contributed by atoms with van der Waals surface area (Å²) in [5.74, 6) is 1.19. The number of nitrogens with zero attached hydrogens (tertiary/aromatic N) is 2. The molecule has 5 heterocycles. The van der Waals surface area contributed by atoms with E-state index >= 15 is 4.79 Å². The average Bonchev–Trinajstić information content (AvgIpc) is 0.934. The molecule has 8 aliphatic rings. The van der Waals surface area contributed by atoms with Crippen LogP contribution < -0.4 is 18.6 Å². The van der Waals surface area contributed by atoms with E-state index in [0.717, 1.165) is 53.7 Å². The fourth-order valence-electron chi connectivity index (χ4n) is 17.7. The summed E-state index contributed by atoms with van der Waals surface area (Å²) in [6.07, 6.45) is -2.68. The number of esters is 2. The topological polar surface area (TPSA) is 250 Å². The second-order valence-corrected chi connectivity index (χ2v) is 38.9. The average molecular weight is 1340 g/mol. The number of carbonyl (C=O) groups excluding carboxylic acids is 5. The molecule has 5 aromatic carbocycles. The van der Waals surface area contributed by atoms with E-state index in [2.05, 4.69) is 57.7 Å². The third kappa shape index (κ3) is 10.9. The summed E-state index contributed by atoms with van der Waals surface area (Å²) in [5.41, 5.74) is -0.0740. The molecule has 1 spiro atoms. The van der Waals surface area contributed by atoms with Gasteiger partial charge in [0.2, 0.25) is 0 Å². The van der Waals surface area contributed by atoms with Gasteiger partial charge in [-0.25, -0.2) is 4.79 Å². The van der Waals surface area contributed by atoms with E-state index in [-0.39, 0.29) is 67.4 Å². The minimum absolute atomic E-state index is 0.0207. The number of unbranched alkanes of at least 4 members (excludes halogenated alkanes) is 5. The largest absolute Gasteiger partial charge is 0.392 e. The summed E-state index contributed by atoms with van der Waals surface area (Å²) in [6.45, 7) is 10.8. The fourth-order valence-corrected chi connectivity index (χ4v) is 24.4. The minimum Gasteiger partial charge on any atom is -0.392 e. The second-order valence-electron chi connectivity index (χ2n) is 29.9. The molecule has 498 valence electrons. The molecule has 2 bridgehead atoms. The van der Waals surface area contributed by atoms with Crippen LogP contribution in [0.3, 0.4) is 0 Å². The molecule has 0 amide bonds. The number of benzene rings is 5. The molecule has 3 aliphatic carbocycles. The SMILES string of the molecule is CC1=C2[C@@H](O)C(=O)[C@@]3(C)[C@H]([C@H](OC(=O)c4ccccc4)[C@](O)(C[C@@H]1OC[C@H](O)[C@@H](CC(=O)CCCCCCCCC(=O)c1ccc4c(c1)C1(OC4=O)c4ccc(N5CC(O)C5)c[c]4[Ge]([CH3])([CH3])[c]4cc(N5CC(O)C5)ccc41)c1ccccc1)C2(C)C)[C@]1(C)CO[C@@H]1C[C@@H]3O. The summed E-state index contributed by atoms with van der Waals surface area (Å²) < 4.78 is 28.2. The predicted molar refractivity (Wildman–Crippen MR) is 356 cm³/mol. The van der Waals surface area contributed by atoms with Crippen molar-refractivity contribution in [3.05, 3.63) is 165 Å². The number of ketones is 3. The van der Waals surface area contributed by atoms with Gasteiger partial charge >= 0.3 is 256 Å². The number of anilines is 2. The first-order valence-corrected chi connectivity index (χ1v) is 40.2. The van der Waals surface area contributed by atoms with E-state index in [0.29, 0.717) is 74.1 Å². The quantitative estimate of drug-likeness (QED) is 0.0134. The molecule has 6 N–H and O–H groups in total. The van der Waals surface area contributed by atoms with Gasteiger partial charge in [-0.15, -0.1) is 0 Å². The van der Waals surface area contributed by atoms with Crippen molar-refractivity contribution in [3.8, 4) is 0 Å². The molecule has 13 rings (SSSR count). The van der Waals surface area contributed by atoms with Gasteiger partial charge < -0.3 is 34.6 Å². The number of aliphatic hydroxyl groups excluding tert-OH is 5. The molecule has 2 saturated carbocycles. The molecule has 0 unspecified atom stereocenters. The van der Waals surface area contributed by atoms with Gasteiger partial charge in [-0.2, -0.15) is 0 Å². The Kier molecular flexibility index (Phi) is 17.6. The van der Waals surface area contributed by atoms with Crippen molar-refractivity contribution in [3.63, 3.8) is 0 Å². The summed E-state index contributed by atoms with van der Waals surface area (Å²) in [7, 11) is 0. The smallest absolute Gasteiger partial charge is 0.0693 e. The van der Waals surface area contributed by atoms with E-state index in [1.165, 1.54) is 8.79 Å². The number of rotatable bonds is 21. The van der Waals surface area contributed by atoms with Crippen molar-refractivity contribution in [2.75, 3.05) is 49.2 Å². The van der Waals surface area contributed by atoms with Crippen LogP contribution in [-0.2, 0) is 34.1 Å². The Hall–Kier alpha value is -6.39. The summed E-state index contributed by atoms with van der Waals surface area (Å²) in [5, 5.41) is 70.6. The number of ether oxygens (including phenoxy) is 4. The van der Waals surface area contributed by atoms with Gasteiger partial charge in [0.05, 0.1) is 48.6 Å². The first-order chi connectivity index (χ1) is 44.7. The Labute approximate surface area is 552 Å². The number of fused-ring (bicyclic) bond motifs is 11. The van der Waals surface area contributed by atoms with Gasteiger partial charge in [-0.05, 0) is 49.1 Å². The maximum Gasteiger partial charge on any atom is 0.0693 e. The van der Waals surface area contributed by atoms with Crippen molar-refractivity contribution in [2.45, 2.75) is 183 Å².